The van der Waals surface area contributed by atoms with Gasteiger partial charge in [0, 0.05) is 17.9 Å². The predicted molar refractivity (Wildman–Crippen MR) is 127 cm³/mol. The van der Waals surface area contributed by atoms with E-state index in [4.69, 9.17) is 11.6 Å². The number of likely N-dealkylation sites (tertiary alicyclic amines) is 1. The predicted octanol–water partition coefficient (Wildman–Crippen LogP) is 4.11. The van der Waals surface area contributed by atoms with Crippen molar-refractivity contribution in [1.29, 1.82) is 0 Å². The molecule has 3 heterocycles. The molecule has 1 amide bonds. The molecule has 166 valence electrons. The lowest BCUT2D eigenvalue weighted by Gasteiger charge is -2.41. The van der Waals surface area contributed by atoms with Gasteiger partial charge in [-0.15, -0.1) is 0 Å². The second kappa shape index (κ2) is 10.4. The number of nitrogens with one attached hydrogen (secondary N) is 3. The van der Waals surface area contributed by atoms with E-state index in [0.717, 1.165) is 31.9 Å². The normalized spacial score (nSPS) is 19.7. The third-order valence-electron chi connectivity index (χ3n) is 6.63. The molecule has 1 unspecified atom stereocenters. The fourth-order valence-electron chi connectivity index (χ4n) is 4.83. The van der Waals surface area contributed by atoms with Gasteiger partial charge in [-0.05, 0) is 95.0 Å². The molecule has 0 aliphatic carbocycles. The molecule has 0 saturated carbocycles. The van der Waals surface area contributed by atoms with Gasteiger partial charge in [0.15, 0.2) is 0 Å². The van der Waals surface area contributed by atoms with E-state index in [0.29, 0.717) is 34.3 Å². The molecule has 3 N–H and O–H groups in total. The van der Waals surface area contributed by atoms with E-state index in [1.807, 2.05) is 24.3 Å². The Morgan fingerprint density at radius 1 is 1.10 bits per heavy atom. The van der Waals surface area contributed by atoms with Crippen LogP contribution >= 0.6 is 11.6 Å². The summed E-state index contributed by atoms with van der Waals surface area (Å²) < 4.78 is 0. The summed E-state index contributed by atoms with van der Waals surface area (Å²) in [6, 6.07) is 11.6. The molecule has 2 aliphatic heterocycles. The second-order valence-corrected chi connectivity index (χ2v) is 9.20. The molecule has 0 spiro atoms. The van der Waals surface area contributed by atoms with Crippen molar-refractivity contribution in [3.63, 3.8) is 0 Å². The molecule has 2 fully saturated rings. The van der Waals surface area contributed by atoms with E-state index < -0.39 is 0 Å². The highest BCUT2D eigenvalue weighted by Crippen LogP contribution is 2.32. The zero-order chi connectivity index (χ0) is 21.6. The van der Waals surface area contributed by atoms with Crippen LogP contribution in [0, 0.1) is 11.8 Å². The van der Waals surface area contributed by atoms with Gasteiger partial charge in [-0.2, -0.15) is 0 Å². The highest BCUT2D eigenvalue weighted by atomic mass is 35.5. The Hall–Kier alpha value is -2.15. The molecule has 1 aromatic carbocycles. The Labute approximate surface area is 189 Å². The van der Waals surface area contributed by atoms with Crippen LogP contribution in [0.4, 0.5) is 11.5 Å². The van der Waals surface area contributed by atoms with Gasteiger partial charge in [0.05, 0.1) is 10.6 Å². The van der Waals surface area contributed by atoms with Gasteiger partial charge in [-0.25, -0.2) is 4.98 Å². The minimum Gasteiger partial charge on any atom is -0.381 e. The Morgan fingerprint density at radius 3 is 2.52 bits per heavy atom. The number of aromatic nitrogens is 1. The number of hydrogen-bond acceptors (Lipinski definition) is 5. The van der Waals surface area contributed by atoms with Crippen molar-refractivity contribution in [2.45, 2.75) is 31.7 Å². The molecular formula is C24H32ClN5O. The van der Waals surface area contributed by atoms with E-state index in [1.54, 1.807) is 12.1 Å². The van der Waals surface area contributed by atoms with Crippen molar-refractivity contribution in [2.24, 2.45) is 11.8 Å². The number of nitrogens with zero attached hydrogens (tertiary/aromatic N) is 2. The fourth-order valence-corrected chi connectivity index (χ4v) is 4.94. The molecule has 2 aliphatic rings. The summed E-state index contributed by atoms with van der Waals surface area (Å²) in [5, 5.41) is 10.8. The van der Waals surface area contributed by atoms with Crippen LogP contribution in [0.25, 0.3) is 0 Å². The average Bonchev–Trinajstić information content (AvgIpc) is 2.80. The Balaban J connectivity index is 1.53. The van der Waals surface area contributed by atoms with Gasteiger partial charge in [0.2, 0.25) is 0 Å². The van der Waals surface area contributed by atoms with Gasteiger partial charge in [-0.3, -0.25) is 4.79 Å². The lowest BCUT2D eigenvalue weighted by atomic mass is 9.78. The van der Waals surface area contributed by atoms with Crippen molar-refractivity contribution in [2.75, 3.05) is 43.9 Å². The molecule has 0 radical (unpaired) electrons. The molecule has 1 atom stereocenters. The Morgan fingerprint density at radius 2 is 1.81 bits per heavy atom. The average molecular weight is 442 g/mol. The third kappa shape index (κ3) is 5.76. The molecule has 0 bridgehead atoms. The number of carbonyl (C=O) groups excluding carboxylic acids is 1. The van der Waals surface area contributed by atoms with E-state index >= 15 is 0 Å². The number of para-hydroxylation sites is 1. The van der Waals surface area contributed by atoms with Crippen LogP contribution in [0.5, 0.6) is 0 Å². The number of hydrogen-bond donors (Lipinski definition) is 3. The number of benzene rings is 1. The largest absolute Gasteiger partial charge is 0.381 e. The van der Waals surface area contributed by atoms with Crippen LogP contribution in [0.2, 0.25) is 5.02 Å². The zero-order valence-corrected chi connectivity index (χ0v) is 18.9. The summed E-state index contributed by atoms with van der Waals surface area (Å²) in [5.41, 5.74) is 1.54. The van der Waals surface area contributed by atoms with Crippen LogP contribution in [0.3, 0.4) is 0 Å². The molecule has 6 nitrogen and oxygen atoms in total. The number of anilines is 2. The maximum absolute atomic E-state index is 13.1. The first-order valence-electron chi connectivity index (χ1n) is 11.3. The lowest BCUT2D eigenvalue weighted by Crippen LogP contribution is -2.46. The van der Waals surface area contributed by atoms with Crippen molar-refractivity contribution >= 4 is 29.0 Å². The molecule has 1 aromatic heterocycles. The maximum Gasteiger partial charge on any atom is 0.258 e. The SMILES string of the molecule is CN1CCC(C(Nc2ccccc2C(=O)Nc2ccc(Cl)cn2)C2CCNCC2)CC1. The fraction of sp³-hybridized carbons (Fsp3) is 0.500. The van der Waals surface area contributed by atoms with Crippen LogP contribution in [-0.4, -0.2) is 55.1 Å². The van der Waals surface area contributed by atoms with Crippen molar-refractivity contribution < 1.29 is 4.79 Å². The number of piperidine rings is 2. The number of pyridine rings is 1. The summed E-state index contributed by atoms with van der Waals surface area (Å²) in [7, 11) is 2.20. The first kappa shape index (κ1) is 22.1. The summed E-state index contributed by atoms with van der Waals surface area (Å²) in [6.45, 7) is 4.41. The van der Waals surface area contributed by atoms with E-state index in [1.165, 1.54) is 31.9 Å². The highest BCUT2D eigenvalue weighted by molar-refractivity contribution is 6.30. The quantitative estimate of drug-likeness (QED) is 0.629. The van der Waals surface area contributed by atoms with Crippen LogP contribution in [0.15, 0.2) is 42.6 Å². The van der Waals surface area contributed by atoms with Crippen LogP contribution in [-0.2, 0) is 0 Å². The minimum absolute atomic E-state index is 0.162. The van der Waals surface area contributed by atoms with E-state index in [-0.39, 0.29) is 5.91 Å². The smallest absolute Gasteiger partial charge is 0.258 e. The standard InChI is InChI=1S/C24H32ClN5O/c1-30-14-10-18(11-15-30)23(17-8-12-26-13-9-17)28-21-5-3-2-4-20(21)24(31)29-22-7-6-19(25)16-27-22/h2-7,16-18,23,26,28H,8-15H2,1H3,(H,27,29,31). The molecule has 31 heavy (non-hydrogen) atoms. The van der Waals surface area contributed by atoms with E-state index in [2.05, 4.69) is 32.9 Å². The summed E-state index contributed by atoms with van der Waals surface area (Å²) in [6.07, 6.45) is 6.27. The maximum atomic E-state index is 13.1. The molecule has 2 aromatic rings. The van der Waals surface area contributed by atoms with Gasteiger partial charge in [0.1, 0.15) is 5.82 Å². The summed E-state index contributed by atoms with van der Waals surface area (Å²) in [4.78, 5) is 19.7. The first-order valence-corrected chi connectivity index (χ1v) is 11.7. The van der Waals surface area contributed by atoms with Gasteiger partial charge in [-0.1, -0.05) is 23.7 Å². The molecule has 4 rings (SSSR count). The Bertz CT molecular complexity index is 861. The van der Waals surface area contributed by atoms with Gasteiger partial charge in [0.25, 0.3) is 5.91 Å². The Kier molecular flexibility index (Phi) is 7.43. The third-order valence-corrected chi connectivity index (χ3v) is 6.85. The van der Waals surface area contributed by atoms with Gasteiger partial charge >= 0.3 is 0 Å². The highest BCUT2D eigenvalue weighted by Gasteiger charge is 2.33. The molecule has 7 heteroatoms. The second-order valence-electron chi connectivity index (χ2n) is 8.76. The van der Waals surface area contributed by atoms with Crippen LogP contribution < -0.4 is 16.0 Å². The van der Waals surface area contributed by atoms with Crippen molar-refractivity contribution in [3.05, 3.63) is 53.2 Å². The number of halogens is 1. The number of amides is 1. The molecular weight excluding hydrogens is 410 g/mol. The van der Waals surface area contributed by atoms with Crippen molar-refractivity contribution in [3.8, 4) is 0 Å². The lowest BCUT2D eigenvalue weighted by molar-refractivity contribution is 0.102. The van der Waals surface area contributed by atoms with E-state index in [9.17, 15) is 4.79 Å². The zero-order valence-electron chi connectivity index (χ0n) is 18.1. The van der Waals surface area contributed by atoms with Gasteiger partial charge < -0.3 is 20.9 Å². The monoisotopic (exact) mass is 441 g/mol. The number of carbonyl (C=O) groups is 1. The topological polar surface area (TPSA) is 69.3 Å². The van der Waals surface area contributed by atoms with Crippen molar-refractivity contribution in [1.82, 2.24) is 15.2 Å². The molecule has 2 saturated heterocycles. The minimum atomic E-state index is -0.162. The van der Waals surface area contributed by atoms with Crippen LogP contribution in [0.1, 0.15) is 36.0 Å². The summed E-state index contributed by atoms with van der Waals surface area (Å²) >= 11 is 5.91. The first-order chi connectivity index (χ1) is 15.1. The summed E-state index contributed by atoms with van der Waals surface area (Å²) in [5.74, 6) is 1.57. The number of rotatable bonds is 6.